The van der Waals surface area contributed by atoms with Crippen LogP contribution in [0.5, 0.6) is 0 Å². The van der Waals surface area contributed by atoms with E-state index in [1.165, 1.54) is 0 Å². The van der Waals surface area contributed by atoms with Crippen molar-refractivity contribution in [3.8, 4) is 0 Å². The largest absolute Gasteiger partial charge is 0.359 e. The monoisotopic (exact) mass is 215 g/mol. The summed E-state index contributed by atoms with van der Waals surface area (Å²) in [5, 5.41) is 0. The van der Waals surface area contributed by atoms with Crippen molar-refractivity contribution in [1.82, 2.24) is 4.90 Å². The number of nitrogens with zero attached hydrogens (tertiary/aromatic N) is 1. The average Bonchev–Trinajstić information content (AvgIpc) is 2.77. The van der Waals surface area contributed by atoms with Crippen molar-refractivity contribution >= 4 is 11.5 Å². The molecule has 0 aromatic heterocycles. The van der Waals surface area contributed by atoms with Crippen LogP contribution < -0.4 is 0 Å². The molecule has 2 heterocycles. The molecular formula is C13H13NO2. The molecule has 0 amide bonds. The molecule has 0 radical (unpaired) electrons. The third-order valence-electron chi connectivity index (χ3n) is 3.09. The Morgan fingerprint density at radius 3 is 2.88 bits per heavy atom. The van der Waals surface area contributed by atoms with Crippen LogP contribution in [0.2, 0.25) is 0 Å². The summed E-state index contributed by atoms with van der Waals surface area (Å²) in [5.74, 6) is 0.200. The van der Waals surface area contributed by atoms with Gasteiger partial charge in [0.25, 0.3) is 0 Å². The van der Waals surface area contributed by atoms with E-state index in [4.69, 9.17) is 4.74 Å². The first-order chi connectivity index (χ1) is 7.84. The first-order valence-corrected chi connectivity index (χ1v) is 5.49. The van der Waals surface area contributed by atoms with Crippen LogP contribution in [0.25, 0.3) is 5.70 Å². The van der Waals surface area contributed by atoms with Crippen molar-refractivity contribution in [1.29, 1.82) is 0 Å². The number of allylic oxidation sites excluding steroid dienone is 1. The van der Waals surface area contributed by atoms with Gasteiger partial charge in [-0.3, -0.25) is 4.79 Å². The highest BCUT2D eigenvalue weighted by Crippen LogP contribution is 2.30. The lowest BCUT2D eigenvalue weighted by Crippen LogP contribution is -2.35. The lowest BCUT2D eigenvalue weighted by Gasteiger charge is -2.30. The van der Waals surface area contributed by atoms with E-state index in [1.807, 2.05) is 30.3 Å². The van der Waals surface area contributed by atoms with E-state index >= 15 is 0 Å². The number of rotatable bonds is 1. The van der Waals surface area contributed by atoms with Gasteiger partial charge >= 0.3 is 0 Å². The number of carbonyl (C=O) groups is 1. The lowest BCUT2D eigenvalue weighted by atomic mass is 10.00. The Kier molecular flexibility index (Phi) is 2.26. The first-order valence-electron chi connectivity index (χ1n) is 5.49. The summed E-state index contributed by atoms with van der Waals surface area (Å²) in [5.41, 5.74) is 2.09. The van der Waals surface area contributed by atoms with Crippen LogP contribution in [0.1, 0.15) is 12.0 Å². The van der Waals surface area contributed by atoms with Crippen molar-refractivity contribution in [2.45, 2.75) is 12.5 Å². The van der Waals surface area contributed by atoms with Crippen molar-refractivity contribution in [2.75, 3.05) is 13.3 Å². The Bertz CT molecular complexity index is 439. The van der Waals surface area contributed by atoms with E-state index in [2.05, 4.69) is 4.90 Å². The third-order valence-corrected chi connectivity index (χ3v) is 3.09. The van der Waals surface area contributed by atoms with Gasteiger partial charge in [-0.25, -0.2) is 0 Å². The van der Waals surface area contributed by atoms with Crippen LogP contribution in [0.4, 0.5) is 0 Å². The number of carbonyl (C=O) groups excluding carboxylic acids is 1. The molecule has 3 heteroatoms. The Balaban J connectivity index is 2.01. The lowest BCUT2D eigenvalue weighted by molar-refractivity contribution is -0.115. The fourth-order valence-electron chi connectivity index (χ4n) is 2.30. The molecule has 1 aromatic rings. The Morgan fingerprint density at radius 2 is 2.06 bits per heavy atom. The molecule has 0 unspecified atom stereocenters. The molecule has 2 aliphatic heterocycles. The van der Waals surface area contributed by atoms with E-state index in [0.29, 0.717) is 19.8 Å². The highest BCUT2D eigenvalue weighted by atomic mass is 16.5. The van der Waals surface area contributed by atoms with Gasteiger partial charge in [0, 0.05) is 18.2 Å². The molecule has 0 saturated carbocycles. The maximum atomic E-state index is 11.6. The second-order valence-electron chi connectivity index (χ2n) is 4.19. The first kappa shape index (κ1) is 9.60. The molecule has 2 aliphatic rings. The minimum Gasteiger partial charge on any atom is -0.359 e. The number of ether oxygens (including phenoxy) is 1. The van der Waals surface area contributed by atoms with Crippen molar-refractivity contribution < 1.29 is 9.53 Å². The van der Waals surface area contributed by atoms with Crippen LogP contribution in [-0.4, -0.2) is 30.1 Å². The number of hydrogen-bond donors (Lipinski definition) is 0. The van der Waals surface area contributed by atoms with Crippen LogP contribution in [0.3, 0.4) is 0 Å². The van der Waals surface area contributed by atoms with E-state index in [0.717, 1.165) is 11.3 Å². The van der Waals surface area contributed by atoms with E-state index in [9.17, 15) is 4.79 Å². The zero-order chi connectivity index (χ0) is 11.0. The minimum atomic E-state index is 0.200. The van der Waals surface area contributed by atoms with Crippen molar-refractivity contribution in [2.24, 2.45) is 0 Å². The predicted octanol–water partition coefficient (Wildman–Crippen LogP) is 1.66. The van der Waals surface area contributed by atoms with Crippen LogP contribution in [-0.2, 0) is 9.53 Å². The second-order valence-corrected chi connectivity index (χ2v) is 4.19. The van der Waals surface area contributed by atoms with Gasteiger partial charge in [-0.2, -0.15) is 0 Å². The fraction of sp³-hybridized carbons (Fsp3) is 0.308. The van der Waals surface area contributed by atoms with Gasteiger partial charge in [-0.05, 0) is 5.56 Å². The summed E-state index contributed by atoms with van der Waals surface area (Å²) in [6.45, 7) is 1.26. The zero-order valence-electron chi connectivity index (χ0n) is 8.93. The summed E-state index contributed by atoms with van der Waals surface area (Å²) in [6, 6.07) is 10.2. The summed E-state index contributed by atoms with van der Waals surface area (Å²) < 4.78 is 5.42. The molecule has 82 valence electrons. The van der Waals surface area contributed by atoms with Gasteiger partial charge in [0.05, 0.1) is 12.6 Å². The average molecular weight is 215 g/mol. The van der Waals surface area contributed by atoms with E-state index in [-0.39, 0.29) is 11.8 Å². The molecular weight excluding hydrogens is 202 g/mol. The molecule has 1 fully saturated rings. The summed E-state index contributed by atoms with van der Waals surface area (Å²) in [6.07, 6.45) is 2.32. The smallest absolute Gasteiger partial charge is 0.159 e. The zero-order valence-corrected chi connectivity index (χ0v) is 8.93. The summed E-state index contributed by atoms with van der Waals surface area (Å²) in [4.78, 5) is 13.8. The Morgan fingerprint density at radius 1 is 1.25 bits per heavy atom. The standard InChI is InChI=1S/C13H13NO2/c15-12-6-11-8-16-9-14(11)13(7-12)10-4-2-1-3-5-10/h1-5,7,11H,6,8-9H2/t11-/m0/s1. The number of ketones is 1. The highest BCUT2D eigenvalue weighted by molar-refractivity contribution is 5.98. The molecule has 0 N–H and O–H groups in total. The van der Waals surface area contributed by atoms with E-state index in [1.54, 1.807) is 6.08 Å². The molecule has 1 atom stereocenters. The predicted molar refractivity (Wildman–Crippen MR) is 60.5 cm³/mol. The van der Waals surface area contributed by atoms with Crippen molar-refractivity contribution in [3.63, 3.8) is 0 Å². The molecule has 16 heavy (non-hydrogen) atoms. The van der Waals surface area contributed by atoms with E-state index < -0.39 is 0 Å². The SMILES string of the molecule is O=C1C=C(c2ccccc2)N2COC[C@@H]2C1. The van der Waals surface area contributed by atoms with Gasteiger partial charge in [0.2, 0.25) is 0 Å². The molecule has 0 aliphatic carbocycles. The Hall–Kier alpha value is -1.61. The highest BCUT2D eigenvalue weighted by Gasteiger charge is 2.32. The number of hydrogen-bond acceptors (Lipinski definition) is 3. The molecule has 1 aromatic carbocycles. The van der Waals surface area contributed by atoms with Crippen LogP contribution in [0.15, 0.2) is 36.4 Å². The summed E-state index contributed by atoms with van der Waals surface area (Å²) in [7, 11) is 0. The topological polar surface area (TPSA) is 29.5 Å². The third kappa shape index (κ3) is 1.53. The van der Waals surface area contributed by atoms with Gasteiger partial charge in [0.15, 0.2) is 5.78 Å². The Labute approximate surface area is 94.3 Å². The van der Waals surface area contributed by atoms with Crippen LogP contribution in [0, 0.1) is 0 Å². The normalized spacial score (nSPS) is 24.2. The fourth-order valence-corrected chi connectivity index (χ4v) is 2.30. The molecule has 1 saturated heterocycles. The van der Waals surface area contributed by atoms with Gasteiger partial charge in [-0.1, -0.05) is 30.3 Å². The molecule has 3 nitrogen and oxygen atoms in total. The van der Waals surface area contributed by atoms with Gasteiger partial charge in [0.1, 0.15) is 6.73 Å². The number of benzene rings is 1. The minimum absolute atomic E-state index is 0.200. The van der Waals surface area contributed by atoms with Crippen LogP contribution >= 0.6 is 0 Å². The maximum Gasteiger partial charge on any atom is 0.159 e. The molecule has 0 spiro atoms. The quantitative estimate of drug-likeness (QED) is 0.713. The summed E-state index contributed by atoms with van der Waals surface area (Å²) >= 11 is 0. The molecule has 0 bridgehead atoms. The van der Waals surface area contributed by atoms with Gasteiger partial charge < -0.3 is 9.64 Å². The number of fused-ring (bicyclic) bond motifs is 1. The second kappa shape index (κ2) is 3.76. The van der Waals surface area contributed by atoms with Crippen molar-refractivity contribution in [3.05, 3.63) is 42.0 Å². The molecule has 3 rings (SSSR count). The van der Waals surface area contributed by atoms with Gasteiger partial charge in [-0.15, -0.1) is 0 Å². The maximum absolute atomic E-state index is 11.6.